The van der Waals surface area contributed by atoms with Crippen LogP contribution in [0.5, 0.6) is 5.75 Å². The van der Waals surface area contributed by atoms with Gasteiger partial charge in [0.2, 0.25) is 11.8 Å². The van der Waals surface area contributed by atoms with E-state index in [4.69, 9.17) is 16.3 Å². The predicted octanol–water partition coefficient (Wildman–Crippen LogP) is 0.941. The number of rotatable bonds is 7. The molecule has 6 heteroatoms. The molecule has 0 spiro atoms. The predicted molar refractivity (Wildman–Crippen MR) is 76.1 cm³/mol. The van der Waals surface area contributed by atoms with Crippen molar-refractivity contribution in [2.24, 2.45) is 11.6 Å². The standard InChI is InChI=1S/C14H21N3O3/c1-9-7-11(14(15)19)8-10(2)13(9)20-6-4-3-5-12(18)17-16/h7-8H,3-6,16H2,1-2H3,(H2,15,19)(H,17,18). The fourth-order valence-corrected chi connectivity index (χ4v) is 1.95. The molecule has 0 radical (unpaired) electrons. The molecule has 0 aliphatic carbocycles. The van der Waals surface area contributed by atoms with E-state index < -0.39 is 5.91 Å². The van der Waals surface area contributed by atoms with Crippen LogP contribution < -0.4 is 21.7 Å². The Morgan fingerprint density at radius 2 is 1.80 bits per heavy atom. The third kappa shape index (κ3) is 4.55. The first-order valence-corrected chi connectivity index (χ1v) is 6.49. The minimum Gasteiger partial charge on any atom is -0.493 e. The summed E-state index contributed by atoms with van der Waals surface area (Å²) in [6.07, 6.45) is 1.85. The third-order valence-corrected chi connectivity index (χ3v) is 2.95. The van der Waals surface area contributed by atoms with E-state index in [0.29, 0.717) is 25.0 Å². The Labute approximate surface area is 118 Å². The summed E-state index contributed by atoms with van der Waals surface area (Å²) in [5.41, 5.74) is 9.57. The summed E-state index contributed by atoms with van der Waals surface area (Å²) >= 11 is 0. The second-order valence-electron chi connectivity index (χ2n) is 4.68. The van der Waals surface area contributed by atoms with Gasteiger partial charge in [0.15, 0.2) is 0 Å². The number of aryl methyl sites for hydroxylation is 2. The van der Waals surface area contributed by atoms with Crippen molar-refractivity contribution in [3.8, 4) is 5.75 Å². The van der Waals surface area contributed by atoms with Crippen LogP contribution in [0.4, 0.5) is 0 Å². The lowest BCUT2D eigenvalue weighted by Crippen LogP contribution is -2.29. The Balaban J connectivity index is 2.52. The van der Waals surface area contributed by atoms with Crippen LogP contribution in [0.15, 0.2) is 12.1 Å². The van der Waals surface area contributed by atoms with Crippen LogP contribution in [0.3, 0.4) is 0 Å². The number of carbonyl (C=O) groups excluding carboxylic acids is 2. The van der Waals surface area contributed by atoms with Crippen LogP contribution in [-0.2, 0) is 4.79 Å². The molecule has 110 valence electrons. The number of carbonyl (C=O) groups is 2. The minimum absolute atomic E-state index is 0.178. The van der Waals surface area contributed by atoms with Gasteiger partial charge in [-0.25, -0.2) is 5.84 Å². The van der Waals surface area contributed by atoms with Crippen LogP contribution in [0.25, 0.3) is 0 Å². The molecule has 0 aliphatic heterocycles. The van der Waals surface area contributed by atoms with Gasteiger partial charge in [0.25, 0.3) is 0 Å². The van der Waals surface area contributed by atoms with Gasteiger partial charge in [-0.05, 0) is 49.9 Å². The summed E-state index contributed by atoms with van der Waals surface area (Å²) in [6, 6.07) is 3.43. The van der Waals surface area contributed by atoms with Crippen molar-refractivity contribution >= 4 is 11.8 Å². The maximum Gasteiger partial charge on any atom is 0.248 e. The van der Waals surface area contributed by atoms with Gasteiger partial charge >= 0.3 is 0 Å². The van der Waals surface area contributed by atoms with Gasteiger partial charge in [0.05, 0.1) is 6.61 Å². The zero-order valence-electron chi connectivity index (χ0n) is 11.9. The average molecular weight is 279 g/mol. The number of hydrogen-bond acceptors (Lipinski definition) is 4. The van der Waals surface area contributed by atoms with Crippen LogP contribution >= 0.6 is 0 Å². The van der Waals surface area contributed by atoms with Crippen molar-refractivity contribution < 1.29 is 14.3 Å². The summed E-state index contributed by atoms with van der Waals surface area (Å²) in [7, 11) is 0. The van der Waals surface area contributed by atoms with E-state index in [-0.39, 0.29) is 5.91 Å². The van der Waals surface area contributed by atoms with Crippen molar-refractivity contribution in [2.45, 2.75) is 33.1 Å². The van der Waals surface area contributed by atoms with Crippen molar-refractivity contribution in [1.29, 1.82) is 0 Å². The van der Waals surface area contributed by atoms with E-state index in [1.807, 2.05) is 13.8 Å². The summed E-state index contributed by atoms with van der Waals surface area (Å²) in [5, 5.41) is 0. The summed E-state index contributed by atoms with van der Waals surface area (Å²) in [6.45, 7) is 4.25. The van der Waals surface area contributed by atoms with Gasteiger partial charge in [-0.1, -0.05) is 0 Å². The summed E-state index contributed by atoms with van der Waals surface area (Å²) in [5.74, 6) is 5.12. The molecule has 20 heavy (non-hydrogen) atoms. The molecule has 0 heterocycles. The second kappa shape index (κ2) is 7.49. The quantitative estimate of drug-likeness (QED) is 0.299. The number of amides is 2. The van der Waals surface area contributed by atoms with Gasteiger partial charge in [-0.2, -0.15) is 0 Å². The number of hydrogen-bond donors (Lipinski definition) is 3. The Bertz CT molecular complexity index is 477. The molecule has 1 aromatic carbocycles. The molecular formula is C14H21N3O3. The van der Waals surface area contributed by atoms with Gasteiger partial charge in [-0.3, -0.25) is 15.0 Å². The fourth-order valence-electron chi connectivity index (χ4n) is 1.95. The molecule has 0 aromatic heterocycles. The molecule has 0 aliphatic rings. The molecule has 0 unspecified atom stereocenters. The smallest absolute Gasteiger partial charge is 0.248 e. The van der Waals surface area contributed by atoms with Gasteiger partial charge in [0.1, 0.15) is 5.75 Å². The number of nitrogens with two attached hydrogens (primary N) is 2. The lowest BCUT2D eigenvalue weighted by atomic mass is 10.1. The second-order valence-corrected chi connectivity index (χ2v) is 4.68. The molecular weight excluding hydrogens is 258 g/mol. The van der Waals surface area contributed by atoms with Crippen LogP contribution in [-0.4, -0.2) is 18.4 Å². The van der Waals surface area contributed by atoms with E-state index in [2.05, 4.69) is 5.43 Å². The molecule has 0 bridgehead atoms. The average Bonchev–Trinajstić information content (AvgIpc) is 2.40. The highest BCUT2D eigenvalue weighted by atomic mass is 16.5. The maximum absolute atomic E-state index is 11.1. The molecule has 1 aromatic rings. The summed E-state index contributed by atoms with van der Waals surface area (Å²) in [4.78, 5) is 22.1. The highest BCUT2D eigenvalue weighted by Gasteiger charge is 2.09. The highest BCUT2D eigenvalue weighted by molar-refractivity contribution is 5.93. The first-order valence-electron chi connectivity index (χ1n) is 6.49. The monoisotopic (exact) mass is 279 g/mol. The molecule has 0 fully saturated rings. The van der Waals surface area contributed by atoms with Gasteiger partial charge < -0.3 is 10.5 Å². The zero-order valence-corrected chi connectivity index (χ0v) is 11.9. The van der Waals surface area contributed by atoms with E-state index in [0.717, 1.165) is 23.3 Å². The third-order valence-electron chi connectivity index (χ3n) is 2.95. The summed E-state index contributed by atoms with van der Waals surface area (Å²) < 4.78 is 5.70. The number of hydrazine groups is 1. The van der Waals surface area contributed by atoms with Crippen molar-refractivity contribution in [1.82, 2.24) is 5.43 Å². The number of primary amides is 1. The molecule has 2 amide bonds. The Morgan fingerprint density at radius 1 is 1.20 bits per heavy atom. The lowest BCUT2D eigenvalue weighted by molar-refractivity contribution is -0.121. The first-order chi connectivity index (χ1) is 9.45. The molecule has 0 saturated heterocycles. The maximum atomic E-state index is 11.1. The Kier molecular flexibility index (Phi) is 5.99. The minimum atomic E-state index is -0.449. The molecule has 1 rings (SSSR count). The van der Waals surface area contributed by atoms with Crippen LogP contribution in [0, 0.1) is 13.8 Å². The van der Waals surface area contributed by atoms with E-state index in [1.54, 1.807) is 12.1 Å². The van der Waals surface area contributed by atoms with E-state index >= 15 is 0 Å². The largest absolute Gasteiger partial charge is 0.493 e. The number of nitrogens with one attached hydrogen (secondary N) is 1. The van der Waals surface area contributed by atoms with Gasteiger partial charge in [-0.15, -0.1) is 0 Å². The molecule has 6 nitrogen and oxygen atoms in total. The van der Waals surface area contributed by atoms with Crippen LogP contribution in [0.1, 0.15) is 40.7 Å². The van der Waals surface area contributed by atoms with Crippen LogP contribution in [0.2, 0.25) is 0 Å². The number of unbranched alkanes of at least 4 members (excludes halogenated alkanes) is 1. The molecule has 5 N–H and O–H groups in total. The van der Waals surface area contributed by atoms with Crippen molar-refractivity contribution in [2.75, 3.05) is 6.61 Å². The van der Waals surface area contributed by atoms with Crippen molar-refractivity contribution in [3.63, 3.8) is 0 Å². The number of ether oxygens (including phenoxy) is 1. The molecule has 0 atom stereocenters. The normalized spacial score (nSPS) is 10.2. The fraction of sp³-hybridized carbons (Fsp3) is 0.429. The SMILES string of the molecule is Cc1cc(C(N)=O)cc(C)c1OCCCCC(=O)NN. The topological polar surface area (TPSA) is 107 Å². The highest BCUT2D eigenvalue weighted by Crippen LogP contribution is 2.25. The number of benzene rings is 1. The van der Waals surface area contributed by atoms with E-state index in [1.165, 1.54) is 0 Å². The van der Waals surface area contributed by atoms with Gasteiger partial charge in [0, 0.05) is 12.0 Å². The Hall–Kier alpha value is -2.08. The lowest BCUT2D eigenvalue weighted by Gasteiger charge is -2.13. The molecule has 0 saturated carbocycles. The van der Waals surface area contributed by atoms with Crippen molar-refractivity contribution in [3.05, 3.63) is 28.8 Å². The first kappa shape index (κ1) is 16.0. The van der Waals surface area contributed by atoms with E-state index in [9.17, 15) is 9.59 Å². The zero-order chi connectivity index (χ0) is 15.1. The Morgan fingerprint density at radius 3 is 2.30 bits per heavy atom.